The third-order valence-electron chi connectivity index (χ3n) is 4.42. The van der Waals surface area contributed by atoms with Crippen molar-refractivity contribution in [1.82, 2.24) is 15.6 Å². The molecule has 1 atom stereocenters. The standard InChI is InChI=1S/C18H27N3O2/c1-3-15(18-13(2)7-6-12-19-18)21-17(23)11-10-16(22)20-14-8-4-5-9-14/h6-7,12,14-15H,3-5,8-11H2,1-2H3,(H,20,22)(H,21,23)/t15-/m1/s1. The van der Waals surface area contributed by atoms with E-state index in [0.717, 1.165) is 30.5 Å². The molecule has 5 heteroatoms. The van der Waals surface area contributed by atoms with E-state index < -0.39 is 0 Å². The quantitative estimate of drug-likeness (QED) is 0.812. The Labute approximate surface area is 138 Å². The van der Waals surface area contributed by atoms with Crippen LogP contribution in [0.1, 0.15) is 69.2 Å². The average Bonchev–Trinajstić information content (AvgIpc) is 3.04. The molecule has 126 valence electrons. The highest BCUT2D eigenvalue weighted by Crippen LogP contribution is 2.19. The molecular formula is C18H27N3O2. The summed E-state index contributed by atoms with van der Waals surface area (Å²) in [5.41, 5.74) is 1.97. The Morgan fingerprint density at radius 3 is 2.61 bits per heavy atom. The van der Waals surface area contributed by atoms with Gasteiger partial charge in [-0.05, 0) is 37.8 Å². The van der Waals surface area contributed by atoms with Crippen molar-refractivity contribution in [2.24, 2.45) is 0 Å². The van der Waals surface area contributed by atoms with Gasteiger partial charge in [-0.25, -0.2) is 0 Å². The van der Waals surface area contributed by atoms with Gasteiger partial charge in [0.25, 0.3) is 0 Å². The summed E-state index contributed by atoms with van der Waals surface area (Å²) in [5.74, 6) is -0.113. The van der Waals surface area contributed by atoms with Gasteiger partial charge in [0.2, 0.25) is 11.8 Å². The Morgan fingerprint density at radius 1 is 1.26 bits per heavy atom. The molecule has 0 spiro atoms. The van der Waals surface area contributed by atoms with Crippen molar-refractivity contribution < 1.29 is 9.59 Å². The molecule has 5 nitrogen and oxygen atoms in total. The molecule has 1 aromatic heterocycles. The molecule has 23 heavy (non-hydrogen) atoms. The predicted molar refractivity (Wildman–Crippen MR) is 89.8 cm³/mol. The van der Waals surface area contributed by atoms with Crippen LogP contribution in [-0.4, -0.2) is 22.8 Å². The van der Waals surface area contributed by atoms with E-state index in [4.69, 9.17) is 0 Å². The fourth-order valence-electron chi connectivity index (χ4n) is 3.09. The summed E-state index contributed by atoms with van der Waals surface area (Å²) in [6, 6.07) is 4.10. The minimum atomic E-state index is -0.0957. The molecule has 0 aromatic carbocycles. The molecule has 0 radical (unpaired) electrons. The van der Waals surface area contributed by atoms with Crippen LogP contribution in [0, 0.1) is 6.92 Å². The molecule has 1 saturated carbocycles. The first kappa shape index (κ1) is 17.4. The Kier molecular flexibility index (Phi) is 6.56. The van der Waals surface area contributed by atoms with Crippen LogP contribution in [0.25, 0.3) is 0 Å². The maximum absolute atomic E-state index is 12.1. The lowest BCUT2D eigenvalue weighted by Gasteiger charge is -2.18. The summed E-state index contributed by atoms with van der Waals surface area (Å²) < 4.78 is 0. The molecule has 2 rings (SSSR count). The van der Waals surface area contributed by atoms with Crippen molar-refractivity contribution in [2.45, 2.75) is 70.9 Å². The fraction of sp³-hybridized carbons (Fsp3) is 0.611. The Morgan fingerprint density at radius 2 is 1.96 bits per heavy atom. The number of carbonyl (C=O) groups excluding carboxylic acids is 2. The molecule has 1 fully saturated rings. The summed E-state index contributed by atoms with van der Waals surface area (Å²) in [6.45, 7) is 4.01. The number of rotatable bonds is 7. The van der Waals surface area contributed by atoms with Crippen LogP contribution >= 0.6 is 0 Å². The second-order valence-electron chi connectivity index (χ2n) is 6.28. The van der Waals surface area contributed by atoms with Crippen LogP contribution in [0.5, 0.6) is 0 Å². The predicted octanol–water partition coefficient (Wildman–Crippen LogP) is 2.80. The summed E-state index contributed by atoms with van der Waals surface area (Å²) in [5, 5.41) is 6.00. The third kappa shape index (κ3) is 5.34. The molecule has 0 saturated heterocycles. The molecular weight excluding hydrogens is 290 g/mol. The monoisotopic (exact) mass is 317 g/mol. The van der Waals surface area contributed by atoms with Crippen LogP contribution in [-0.2, 0) is 9.59 Å². The van der Waals surface area contributed by atoms with Crippen molar-refractivity contribution in [2.75, 3.05) is 0 Å². The summed E-state index contributed by atoms with van der Waals surface area (Å²) >= 11 is 0. The van der Waals surface area contributed by atoms with E-state index in [-0.39, 0.29) is 30.7 Å². The lowest BCUT2D eigenvalue weighted by atomic mass is 10.1. The van der Waals surface area contributed by atoms with E-state index in [0.29, 0.717) is 6.04 Å². The number of aromatic nitrogens is 1. The first-order chi connectivity index (χ1) is 11.1. The smallest absolute Gasteiger partial charge is 0.221 e. The summed E-state index contributed by atoms with van der Waals surface area (Å²) in [6.07, 6.45) is 7.49. The Hall–Kier alpha value is -1.91. The van der Waals surface area contributed by atoms with Gasteiger partial charge < -0.3 is 10.6 Å². The molecule has 1 aromatic rings. The van der Waals surface area contributed by atoms with Crippen LogP contribution < -0.4 is 10.6 Å². The maximum atomic E-state index is 12.1. The van der Waals surface area contributed by atoms with Crippen LogP contribution in [0.4, 0.5) is 0 Å². The van der Waals surface area contributed by atoms with Gasteiger partial charge in [-0.15, -0.1) is 0 Å². The van der Waals surface area contributed by atoms with Crippen LogP contribution in [0.3, 0.4) is 0 Å². The number of hydrogen-bond acceptors (Lipinski definition) is 3. The van der Waals surface area contributed by atoms with E-state index in [1.807, 2.05) is 26.0 Å². The maximum Gasteiger partial charge on any atom is 0.221 e. The lowest BCUT2D eigenvalue weighted by Crippen LogP contribution is -2.34. The van der Waals surface area contributed by atoms with Crippen molar-refractivity contribution in [1.29, 1.82) is 0 Å². The highest BCUT2D eigenvalue weighted by molar-refractivity contribution is 5.84. The number of carbonyl (C=O) groups is 2. The first-order valence-corrected chi connectivity index (χ1v) is 8.60. The van der Waals surface area contributed by atoms with Crippen molar-refractivity contribution >= 4 is 11.8 Å². The number of nitrogens with one attached hydrogen (secondary N) is 2. The van der Waals surface area contributed by atoms with Gasteiger partial charge in [-0.1, -0.05) is 25.8 Å². The SMILES string of the molecule is CC[C@@H](NC(=O)CCC(=O)NC1CCCC1)c1ncccc1C. The van der Waals surface area contributed by atoms with Crippen molar-refractivity contribution in [3.05, 3.63) is 29.6 Å². The van der Waals surface area contributed by atoms with Gasteiger partial charge in [-0.3, -0.25) is 14.6 Å². The molecule has 2 amide bonds. The fourth-order valence-corrected chi connectivity index (χ4v) is 3.09. The van der Waals surface area contributed by atoms with E-state index in [1.54, 1.807) is 6.20 Å². The number of aryl methyl sites for hydroxylation is 1. The highest BCUT2D eigenvalue weighted by Gasteiger charge is 2.19. The summed E-state index contributed by atoms with van der Waals surface area (Å²) in [4.78, 5) is 28.4. The second-order valence-corrected chi connectivity index (χ2v) is 6.28. The largest absolute Gasteiger partial charge is 0.353 e. The molecule has 1 aliphatic carbocycles. The van der Waals surface area contributed by atoms with Gasteiger partial charge in [0.1, 0.15) is 0 Å². The minimum absolute atomic E-state index is 0.0193. The zero-order chi connectivity index (χ0) is 16.7. The van der Waals surface area contributed by atoms with Crippen molar-refractivity contribution in [3.8, 4) is 0 Å². The molecule has 0 unspecified atom stereocenters. The molecule has 1 heterocycles. The summed E-state index contributed by atoms with van der Waals surface area (Å²) in [7, 11) is 0. The van der Waals surface area contributed by atoms with E-state index >= 15 is 0 Å². The average molecular weight is 317 g/mol. The van der Waals surface area contributed by atoms with Gasteiger partial charge in [0, 0.05) is 25.1 Å². The molecule has 0 bridgehead atoms. The number of amides is 2. The Bertz CT molecular complexity index is 539. The first-order valence-electron chi connectivity index (χ1n) is 8.60. The minimum Gasteiger partial charge on any atom is -0.353 e. The van der Waals surface area contributed by atoms with E-state index in [9.17, 15) is 9.59 Å². The number of nitrogens with zero attached hydrogens (tertiary/aromatic N) is 1. The van der Waals surface area contributed by atoms with Gasteiger partial charge in [0.05, 0.1) is 11.7 Å². The molecule has 2 N–H and O–H groups in total. The Balaban J connectivity index is 1.78. The van der Waals surface area contributed by atoms with E-state index in [2.05, 4.69) is 15.6 Å². The molecule has 0 aliphatic heterocycles. The topological polar surface area (TPSA) is 71.1 Å². The van der Waals surface area contributed by atoms with Crippen molar-refractivity contribution in [3.63, 3.8) is 0 Å². The number of pyridine rings is 1. The van der Waals surface area contributed by atoms with Crippen LogP contribution in [0.2, 0.25) is 0 Å². The van der Waals surface area contributed by atoms with Gasteiger partial charge >= 0.3 is 0 Å². The number of hydrogen-bond donors (Lipinski definition) is 2. The molecule has 1 aliphatic rings. The zero-order valence-electron chi connectivity index (χ0n) is 14.1. The van der Waals surface area contributed by atoms with Gasteiger partial charge in [-0.2, -0.15) is 0 Å². The lowest BCUT2D eigenvalue weighted by molar-refractivity contribution is -0.127. The highest BCUT2D eigenvalue weighted by atomic mass is 16.2. The zero-order valence-corrected chi connectivity index (χ0v) is 14.1. The van der Waals surface area contributed by atoms with Crippen LogP contribution in [0.15, 0.2) is 18.3 Å². The second kappa shape index (κ2) is 8.65. The normalized spacial score (nSPS) is 16.1. The van der Waals surface area contributed by atoms with E-state index in [1.165, 1.54) is 12.8 Å². The van der Waals surface area contributed by atoms with Gasteiger partial charge in [0.15, 0.2) is 0 Å². The third-order valence-corrected chi connectivity index (χ3v) is 4.42.